The molecule has 0 aromatic heterocycles. The van der Waals surface area contributed by atoms with Crippen LogP contribution < -0.4 is 4.74 Å². The van der Waals surface area contributed by atoms with Crippen LogP contribution in [0.15, 0.2) is 47.4 Å². The van der Waals surface area contributed by atoms with Gasteiger partial charge in [-0.3, -0.25) is 4.55 Å². The average molecular weight is 353 g/mol. The van der Waals surface area contributed by atoms with E-state index in [4.69, 9.17) is 20.9 Å². The first-order valence-corrected chi connectivity index (χ1v) is 7.52. The van der Waals surface area contributed by atoms with E-state index in [1.807, 2.05) is 0 Å². The maximum absolute atomic E-state index is 12.4. The van der Waals surface area contributed by atoms with E-state index in [1.165, 1.54) is 12.1 Å². The lowest BCUT2D eigenvalue weighted by molar-refractivity contribution is -0.137. The third-order valence-electron chi connectivity index (χ3n) is 2.62. The van der Waals surface area contributed by atoms with Gasteiger partial charge in [0, 0.05) is 0 Å². The lowest BCUT2D eigenvalue weighted by atomic mass is 10.2. The van der Waals surface area contributed by atoms with Crippen molar-refractivity contribution in [2.75, 3.05) is 0 Å². The van der Waals surface area contributed by atoms with Crippen molar-refractivity contribution >= 4 is 21.7 Å². The Bertz CT molecular complexity index is 786. The van der Waals surface area contributed by atoms with Crippen LogP contribution in [0.25, 0.3) is 0 Å². The average Bonchev–Trinajstić information content (AvgIpc) is 2.39. The molecule has 22 heavy (non-hydrogen) atoms. The van der Waals surface area contributed by atoms with E-state index in [-0.39, 0.29) is 16.5 Å². The minimum atomic E-state index is -4.54. The second kappa shape index (κ2) is 5.79. The molecule has 0 fully saturated rings. The van der Waals surface area contributed by atoms with Gasteiger partial charge in [-0.05, 0) is 36.4 Å². The normalized spacial score (nSPS) is 12.2. The summed E-state index contributed by atoms with van der Waals surface area (Å²) in [7, 11) is -4.54. The maximum atomic E-state index is 12.4. The number of hydrogen-bond acceptors (Lipinski definition) is 3. The minimum absolute atomic E-state index is 0.0300. The maximum Gasteiger partial charge on any atom is 0.416 e. The minimum Gasteiger partial charge on any atom is -0.456 e. The third-order valence-corrected chi connectivity index (χ3v) is 4.01. The molecule has 0 saturated carbocycles. The van der Waals surface area contributed by atoms with Crippen molar-refractivity contribution in [1.29, 1.82) is 0 Å². The molecular formula is C13H8ClF3O4S. The third kappa shape index (κ3) is 3.70. The quantitative estimate of drug-likeness (QED) is 0.832. The summed E-state index contributed by atoms with van der Waals surface area (Å²) in [6.45, 7) is 0. The van der Waals surface area contributed by atoms with Crippen LogP contribution >= 0.6 is 11.6 Å². The van der Waals surface area contributed by atoms with Crippen molar-refractivity contribution in [3.8, 4) is 11.5 Å². The molecule has 1 N–H and O–H groups in total. The van der Waals surface area contributed by atoms with Gasteiger partial charge in [-0.25, -0.2) is 0 Å². The summed E-state index contributed by atoms with van der Waals surface area (Å²) in [4.78, 5) is -0.557. The highest BCUT2D eigenvalue weighted by Crippen LogP contribution is 2.35. The lowest BCUT2D eigenvalue weighted by Crippen LogP contribution is -2.04. The summed E-state index contributed by atoms with van der Waals surface area (Å²) in [5, 5.41) is -0.370. The van der Waals surface area contributed by atoms with Crippen molar-refractivity contribution in [3.05, 3.63) is 53.1 Å². The molecule has 2 aromatic carbocycles. The Balaban J connectivity index is 2.32. The van der Waals surface area contributed by atoms with Crippen LogP contribution in [0, 0.1) is 0 Å². The second-order valence-electron chi connectivity index (χ2n) is 4.17. The van der Waals surface area contributed by atoms with Crippen LogP contribution in [0.1, 0.15) is 5.56 Å². The van der Waals surface area contributed by atoms with E-state index in [1.54, 1.807) is 0 Å². The van der Waals surface area contributed by atoms with E-state index in [9.17, 15) is 21.6 Å². The smallest absolute Gasteiger partial charge is 0.416 e. The van der Waals surface area contributed by atoms with Crippen LogP contribution in [0.5, 0.6) is 11.5 Å². The van der Waals surface area contributed by atoms with Crippen molar-refractivity contribution in [2.45, 2.75) is 11.1 Å². The van der Waals surface area contributed by atoms with Gasteiger partial charge in [0.1, 0.15) is 21.4 Å². The zero-order valence-electron chi connectivity index (χ0n) is 10.6. The molecule has 2 aromatic rings. The highest BCUT2D eigenvalue weighted by Gasteiger charge is 2.30. The van der Waals surface area contributed by atoms with Gasteiger partial charge in [-0.15, -0.1) is 0 Å². The zero-order chi connectivity index (χ0) is 16.5. The van der Waals surface area contributed by atoms with Crippen molar-refractivity contribution < 1.29 is 30.9 Å². The highest BCUT2D eigenvalue weighted by atomic mass is 35.5. The molecule has 118 valence electrons. The van der Waals surface area contributed by atoms with Gasteiger partial charge < -0.3 is 4.74 Å². The van der Waals surface area contributed by atoms with E-state index in [0.717, 1.165) is 30.3 Å². The molecule has 0 aliphatic heterocycles. The number of halogens is 4. The molecule has 0 bridgehead atoms. The molecule has 0 atom stereocenters. The zero-order valence-corrected chi connectivity index (χ0v) is 12.2. The van der Waals surface area contributed by atoms with E-state index < -0.39 is 26.8 Å². The standard InChI is InChI=1S/C13H8ClF3O4S/c14-12-10(2-1-3-11(12)22(18,19)20)21-9-6-4-8(5-7-9)13(15,16)17/h1-7H,(H,18,19,20). The molecular weight excluding hydrogens is 345 g/mol. The number of hydrogen-bond donors (Lipinski definition) is 1. The molecule has 0 aliphatic rings. The first-order valence-electron chi connectivity index (χ1n) is 5.70. The van der Waals surface area contributed by atoms with E-state index in [0.29, 0.717) is 0 Å². The first-order chi connectivity index (χ1) is 10.1. The summed E-state index contributed by atoms with van der Waals surface area (Å²) >= 11 is 5.80. The molecule has 0 amide bonds. The highest BCUT2D eigenvalue weighted by molar-refractivity contribution is 7.86. The molecule has 0 aliphatic carbocycles. The van der Waals surface area contributed by atoms with Gasteiger partial charge in [0.2, 0.25) is 0 Å². The lowest BCUT2D eigenvalue weighted by Gasteiger charge is -2.11. The molecule has 4 nitrogen and oxygen atoms in total. The summed E-state index contributed by atoms with van der Waals surface area (Å²) in [5.41, 5.74) is -0.849. The van der Waals surface area contributed by atoms with Gasteiger partial charge in [0.05, 0.1) is 5.56 Å². The van der Waals surface area contributed by atoms with Gasteiger partial charge >= 0.3 is 6.18 Å². The van der Waals surface area contributed by atoms with Crippen molar-refractivity contribution in [1.82, 2.24) is 0 Å². The summed E-state index contributed by atoms with van der Waals surface area (Å²) in [6, 6.07) is 7.42. The first kappa shape index (κ1) is 16.6. The van der Waals surface area contributed by atoms with Crippen molar-refractivity contribution in [2.24, 2.45) is 0 Å². The number of rotatable bonds is 3. The molecule has 0 saturated heterocycles. The van der Waals surface area contributed by atoms with Crippen LogP contribution in [0.3, 0.4) is 0 Å². The SMILES string of the molecule is O=S(=O)(O)c1cccc(Oc2ccc(C(F)(F)F)cc2)c1Cl. The van der Waals surface area contributed by atoms with Crippen LogP contribution in [0.2, 0.25) is 5.02 Å². The van der Waals surface area contributed by atoms with Gasteiger partial charge in [-0.1, -0.05) is 17.7 Å². The Labute approximate surface area is 128 Å². The molecule has 0 radical (unpaired) electrons. The monoisotopic (exact) mass is 352 g/mol. The molecule has 0 unspecified atom stereocenters. The summed E-state index contributed by atoms with van der Waals surface area (Å²) in [5.74, 6) is -0.0843. The van der Waals surface area contributed by atoms with Gasteiger partial charge in [0.25, 0.3) is 10.1 Å². The number of benzene rings is 2. The Morgan fingerprint density at radius 3 is 2.14 bits per heavy atom. The van der Waals surface area contributed by atoms with Gasteiger partial charge in [-0.2, -0.15) is 21.6 Å². The molecule has 0 heterocycles. The largest absolute Gasteiger partial charge is 0.456 e. The predicted octanol–water partition coefficient (Wildman–Crippen LogP) is 4.40. The summed E-state index contributed by atoms with van der Waals surface area (Å²) < 4.78 is 73.8. The van der Waals surface area contributed by atoms with Gasteiger partial charge in [0.15, 0.2) is 0 Å². The topological polar surface area (TPSA) is 63.6 Å². The number of alkyl halides is 3. The van der Waals surface area contributed by atoms with E-state index >= 15 is 0 Å². The second-order valence-corrected chi connectivity index (χ2v) is 5.94. The van der Waals surface area contributed by atoms with Crippen molar-refractivity contribution in [3.63, 3.8) is 0 Å². The van der Waals surface area contributed by atoms with Crippen LogP contribution in [-0.2, 0) is 16.3 Å². The molecule has 9 heteroatoms. The predicted molar refractivity (Wildman–Crippen MR) is 72.8 cm³/mol. The Morgan fingerprint density at radius 1 is 1.05 bits per heavy atom. The Morgan fingerprint density at radius 2 is 1.64 bits per heavy atom. The fraction of sp³-hybridized carbons (Fsp3) is 0.0769. The Kier molecular flexibility index (Phi) is 4.37. The molecule has 2 rings (SSSR count). The summed E-state index contributed by atoms with van der Waals surface area (Å²) in [6.07, 6.45) is -4.47. The van der Waals surface area contributed by atoms with E-state index in [2.05, 4.69) is 0 Å². The fourth-order valence-corrected chi connectivity index (χ4v) is 2.64. The fourth-order valence-electron chi connectivity index (χ4n) is 1.61. The van der Waals surface area contributed by atoms with Crippen LogP contribution in [-0.4, -0.2) is 13.0 Å². The Hall–Kier alpha value is -1.77. The van der Waals surface area contributed by atoms with Crippen LogP contribution in [0.4, 0.5) is 13.2 Å². The molecule has 0 spiro atoms. The number of ether oxygens (including phenoxy) is 1.